The Morgan fingerprint density at radius 1 is 0.972 bits per heavy atom. The molecule has 36 heavy (non-hydrogen) atoms. The summed E-state index contributed by atoms with van der Waals surface area (Å²) in [6.45, 7) is 6.28. The fourth-order valence-corrected chi connectivity index (χ4v) is 5.65. The second kappa shape index (κ2) is 11.2. The Hall–Kier alpha value is -2.64. The molecule has 0 aromatic heterocycles. The number of hydrogen-bond acceptors (Lipinski definition) is 5. The number of carbonyl (C=O) groups is 1. The van der Waals surface area contributed by atoms with Gasteiger partial charge in [0.15, 0.2) is 6.10 Å². The number of anilines is 2. The molecule has 0 spiro atoms. The summed E-state index contributed by atoms with van der Waals surface area (Å²) in [5, 5.41) is 0. The normalized spacial score (nSPS) is 20.3. The van der Waals surface area contributed by atoms with Gasteiger partial charge in [0.1, 0.15) is 11.6 Å². The van der Waals surface area contributed by atoms with Crippen LogP contribution in [0.15, 0.2) is 36.4 Å². The average molecular weight is 495 g/mol. The summed E-state index contributed by atoms with van der Waals surface area (Å²) < 4.78 is 19.6. The third kappa shape index (κ3) is 5.68. The van der Waals surface area contributed by atoms with E-state index >= 15 is 0 Å². The summed E-state index contributed by atoms with van der Waals surface area (Å²) in [4.78, 5) is 22.4. The second-order valence-electron chi connectivity index (χ2n) is 10.6. The molecule has 0 saturated carbocycles. The van der Waals surface area contributed by atoms with Crippen LogP contribution in [0.25, 0.3) is 0 Å². The molecule has 2 aromatic rings. The zero-order valence-electron chi connectivity index (χ0n) is 21.7. The predicted octanol–water partition coefficient (Wildman–Crippen LogP) is 3.96. The number of piperazine rings is 1. The monoisotopic (exact) mass is 494 g/mol. The van der Waals surface area contributed by atoms with Crippen LogP contribution in [0.4, 0.5) is 15.8 Å². The summed E-state index contributed by atoms with van der Waals surface area (Å²) in [5.74, 6) is 0.785. The van der Waals surface area contributed by atoms with E-state index in [2.05, 4.69) is 26.8 Å². The van der Waals surface area contributed by atoms with Crippen molar-refractivity contribution >= 4 is 17.3 Å². The average Bonchev–Trinajstić information content (AvgIpc) is 2.88. The molecule has 0 N–H and O–H groups in total. The summed E-state index contributed by atoms with van der Waals surface area (Å²) >= 11 is 0. The third-order valence-corrected chi connectivity index (χ3v) is 7.80. The van der Waals surface area contributed by atoms with Crippen molar-refractivity contribution in [2.45, 2.75) is 44.6 Å². The Morgan fingerprint density at radius 2 is 1.67 bits per heavy atom. The van der Waals surface area contributed by atoms with E-state index in [1.807, 2.05) is 31.1 Å². The first kappa shape index (κ1) is 25.0. The van der Waals surface area contributed by atoms with Crippen molar-refractivity contribution in [3.05, 3.63) is 53.3 Å². The maximum atomic E-state index is 13.5. The van der Waals surface area contributed by atoms with Gasteiger partial charge in [-0.15, -0.1) is 0 Å². The van der Waals surface area contributed by atoms with Crippen LogP contribution in [0.1, 0.15) is 36.8 Å². The van der Waals surface area contributed by atoms with Crippen LogP contribution in [-0.2, 0) is 17.6 Å². The number of aryl methyl sites for hydroxylation is 2. The number of hydrogen-bond donors (Lipinski definition) is 0. The minimum atomic E-state index is -0.415. The van der Waals surface area contributed by atoms with Gasteiger partial charge in [0.2, 0.25) is 0 Å². The molecule has 3 aliphatic rings. The highest BCUT2D eigenvalue weighted by Gasteiger charge is 2.35. The van der Waals surface area contributed by atoms with Gasteiger partial charge in [-0.3, -0.25) is 9.69 Å². The fourth-order valence-electron chi connectivity index (χ4n) is 5.65. The predicted molar refractivity (Wildman–Crippen MR) is 143 cm³/mol. The molecule has 1 atom stereocenters. The lowest BCUT2D eigenvalue weighted by atomic mass is 9.90. The van der Waals surface area contributed by atoms with Crippen LogP contribution in [0.5, 0.6) is 5.75 Å². The molecule has 5 rings (SSSR count). The third-order valence-electron chi connectivity index (χ3n) is 7.80. The van der Waals surface area contributed by atoms with E-state index in [1.165, 1.54) is 36.1 Å². The summed E-state index contributed by atoms with van der Waals surface area (Å²) in [5.41, 5.74) is 4.80. The van der Waals surface area contributed by atoms with Crippen molar-refractivity contribution in [2.75, 3.05) is 69.7 Å². The highest BCUT2D eigenvalue weighted by molar-refractivity contribution is 6.00. The Kier molecular flexibility index (Phi) is 7.77. The maximum absolute atomic E-state index is 13.5. The molecule has 1 aliphatic carbocycles. The van der Waals surface area contributed by atoms with E-state index < -0.39 is 6.10 Å². The minimum absolute atomic E-state index is 0.0984. The van der Waals surface area contributed by atoms with E-state index in [4.69, 9.17) is 4.74 Å². The van der Waals surface area contributed by atoms with Gasteiger partial charge in [0.05, 0.1) is 5.69 Å². The van der Waals surface area contributed by atoms with Crippen LogP contribution < -0.4 is 14.5 Å². The summed E-state index contributed by atoms with van der Waals surface area (Å²) in [6, 6.07) is 11.2. The van der Waals surface area contributed by atoms with Gasteiger partial charge in [-0.2, -0.15) is 0 Å². The molecular formula is C29H39FN4O2. The molecule has 7 heteroatoms. The van der Waals surface area contributed by atoms with Crippen molar-refractivity contribution in [2.24, 2.45) is 0 Å². The highest BCUT2D eigenvalue weighted by Crippen LogP contribution is 2.39. The lowest BCUT2D eigenvalue weighted by molar-refractivity contribution is -0.126. The summed E-state index contributed by atoms with van der Waals surface area (Å²) in [6.07, 6.45) is 5.89. The molecular weight excluding hydrogens is 455 g/mol. The first-order valence-electron chi connectivity index (χ1n) is 13.5. The van der Waals surface area contributed by atoms with Crippen molar-refractivity contribution in [1.82, 2.24) is 9.80 Å². The zero-order valence-corrected chi connectivity index (χ0v) is 21.7. The van der Waals surface area contributed by atoms with Crippen molar-refractivity contribution in [1.29, 1.82) is 0 Å². The fraction of sp³-hybridized carbons (Fsp3) is 0.552. The molecule has 1 amide bonds. The van der Waals surface area contributed by atoms with Crippen LogP contribution in [-0.4, -0.2) is 81.7 Å². The Morgan fingerprint density at radius 3 is 2.36 bits per heavy atom. The smallest absolute Gasteiger partial charge is 0.268 e. The lowest BCUT2D eigenvalue weighted by Crippen LogP contribution is -2.49. The van der Waals surface area contributed by atoms with Gasteiger partial charge in [-0.1, -0.05) is 0 Å². The minimum Gasteiger partial charge on any atom is -0.478 e. The summed E-state index contributed by atoms with van der Waals surface area (Å²) in [7, 11) is 4.10. The quantitative estimate of drug-likeness (QED) is 0.556. The van der Waals surface area contributed by atoms with Gasteiger partial charge in [-0.05, 0) is 107 Å². The Balaban J connectivity index is 1.18. The van der Waals surface area contributed by atoms with Crippen LogP contribution >= 0.6 is 0 Å². The van der Waals surface area contributed by atoms with Crippen molar-refractivity contribution in [3.8, 4) is 5.75 Å². The molecule has 2 aromatic carbocycles. The molecule has 0 radical (unpaired) electrons. The number of benzene rings is 2. The molecule has 1 fully saturated rings. The first-order chi connectivity index (χ1) is 17.5. The molecule has 1 unspecified atom stereocenters. The molecule has 2 heterocycles. The number of halogens is 1. The molecule has 6 nitrogen and oxygen atoms in total. The lowest BCUT2D eigenvalue weighted by Gasteiger charge is -2.37. The number of amides is 1. The zero-order chi connectivity index (χ0) is 25.1. The van der Waals surface area contributed by atoms with Crippen molar-refractivity contribution < 1.29 is 13.9 Å². The largest absolute Gasteiger partial charge is 0.478 e. The number of ether oxygens (including phenoxy) is 1. The van der Waals surface area contributed by atoms with Gasteiger partial charge in [0.25, 0.3) is 5.91 Å². The van der Waals surface area contributed by atoms with E-state index in [0.29, 0.717) is 6.54 Å². The number of rotatable bonds is 8. The van der Waals surface area contributed by atoms with Crippen LogP contribution in [0, 0.1) is 5.82 Å². The SMILES string of the molecule is CN(C)CCN1C(=O)C(CCCN2CCN(c3ccc(F)cc3)CC2)Oc2cc3c(cc21)CCCC3. The van der Waals surface area contributed by atoms with Crippen LogP contribution in [0.3, 0.4) is 0 Å². The second-order valence-corrected chi connectivity index (χ2v) is 10.6. The van der Waals surface area contributed by atoms with Crippen LogP contribution in [0.2, 0.25) is 0 Å². The highest BCUT2D eigenvalue weighted by atomic mass is 19.1. The topological polar surface area (TPSA) is 39.3 Å². The van der Waals surface area contributed by atoms with E-state index in [0.717, 1.165) is 82.1 Å². The molecule has 2 aliphatic heterocycles. The molecule has 1 saturated heterocycles. The standard InChI is InChI=1S/C29H39FN4O2/c1-31(2)14-19-34-26-20-22-6-3-4-7-23(22)21-28(26)36-27(29(34)35)8-5-13-32-15-17-33(18-16-32)25-11-9-24(30)10-12-25/h9-12,20-21,27H,3-8,13-19H2,1-2H3. The number of nitrogens with zero attached hydrogens (tertiary/aromatic N) is 4. The Labute approximate surface area is 214 Å². The van der Waals surface area contributed by atoms with E-state index in [-0.39, 0.29) is 11.7 Å². The van der Waals surface area contributed by atoms with E-state index in [9.17, 15) is 9.18 Å². The van der Waals surface area contributed by atoms with Gasteiger partial charge in [0, 0.05) is 45.0 Å². The first-order valence-corrected chi connectivity index (χ1v) is 13.5. The maximum Gasteiger partial charge on any atom is 0.268 e. The molecule has 0 bridgehead atoms. The van der Waals surface area contributed by atoms with Gasteiger partial charge < -0.3 is 19.4 Å². The van der Waals surface area contributed by atoms with Gasteiger partial charge in [-0.25, -0.2) is 4.39 Å². The molecule has 194 valence electrons. The number of fused-ring (bicyclic) bond motifs is 2. The van der Waals surface area contributed by atoms with Crippen molar-refractivity contribution in [3.63, 3.8) is 0 Å². The van der Waals surface area contributed by atoms with E-state index in [1.54, 1.807) is 0 Å². The Bertz CT molecular complexity index is 1050. The van der Waals surface area contributed by atoms with Gasteiger partial charge >= 0.3 is 0 Å². The number of carbonyl (C=O) groups excluding carboxylic acids is 1. The number of likely N-dealkylation sites (N-methyl/N-ethyl adjacent to an activating group) is 1.